The number of carbonyl (C=O) groups is 2. The third-order valence-electron chi connectivity index (χ3n) is 3.51. The Hall–Kier alpha value is -2.82. The summed E-state index contributed by atoms with van der Waals surface area (Å²) in [7, 11) is 1.76. The van der Waals surface area contributed by atoms with Gasteiger partial charge in [0.2, 0.25) is 5.91 Å². The lowest BCUT2D eigenvalue weighted by Gasteiger charge is -2.18. The number of nitrogens with zero attached hydrogens (tertiary/aromatic N) is 1. The van der Waals surface area contributed by atoms with Gasteiger partial charge in [-0.25, -0.2) is 4.79 Å². The molecule has 0 saturated carbocycles. The van der Waals surface area contributed by atoms with Crippen molar-refractivity contribution in [3.05, 3.63) is 71.3 Å². The van der Waals surface area contributed by atoms with Crippen molar-refractivity contribution in [1.82, 2.24) is 10.2 Å². The van der Waals surface area contributed by atoms with E-state index in [9.17, 15) is 9.59 Å². The largest absolute Gasteiger partial charge is 0.366 e. The summed E-state index contributed by atoms with van der Waals surface area (Å²) >= 11 is 0. The van der Waals surface area contributed by atoms with Gasteiger partial charge in [-0.05, 0) is 29.7 Å². The van der Waals surface area contributed by atoms with Gasteiger partial charge in [-0.3, -0.25) is 4.79 Å². The highest BCUT2D eigenvalue weighted by molar-refractivity contribution is 5.92. The molecule has 0 radical (unpaired) electrons. The lowest BCUT2D eigenvalue weighted by molar-refractivity contribution is 0.1000. The van der Waals surface area contributed by atoms with Gasteiger partial charge in [0.05, 0.1) is 0 Å². The topological polar surface area (TPSA) is 75.4 Å². The molecular formula is C18H21N3O2. The lowest BCUT2D eigenvalue weighted by atomic mass is 10.1. The molecule has 23 heavy (non-hydrogen) atoms. The van der Waals surface area contributed by atoms with Crippen LogP contribution < -0.4 is 11.1 Å². The van der Waals surface area contributed by atoms with E-state index in [1.807, 2.05) is 36.4 Å². The Morgan fingerprint density at radius 3 is 2.43 bits per heavy atom. The highest BCUT2D eigenvalue weighted by Crippen LogP contribution is 2.06. The van der Waals surface area contributed by atoms with Gasteiger partial charge in [0.25, 0.3) is 0 Å². The van der Waals surface area contributed by atoms with Crippen LogP contribution in [0, 0.1) is 0 Å². The molecule has 0 bridgehead atoms. The van der Waals surface area contributed by atoms with Crippen LogP contribution in [0.1, 0.15) is 21.5 Å². The van der Waals surface area contributed by atoms with Crippen molar-refractivity contribution in [3.63, 3.8) is 0 Å². The minimum atomic E-state index is -0.446. The molecule has 0 atom stereocenters. The SMILES string of the molecule is CN(Cc1ccccc1)C(=O)NCCc1cccc(C(N)=O)c1. The molecule has 0 aliphatic carbocycles. The summed E-state index contributed by atoms with van der Waals surface area (Å²) < 4.78 is 0. The average Bonchev–Trinajstić information content (AvgIpc) is 2.56. The maximum absolute atomic E-state index is 12.1. The average molecular weight is 311 g/mol. The summed E-state index contributed by atoms with van der Waals surface area (Å²) in [4.78, 5) is 24.8. The van der Waals surface area contributed by atoms with Crippen molar-refractivity contribution >= 4 is 11.9 Å². The van der Waals surface area contributed by atoms with Crippen LogP contribution in [0.15, 0.2) is 54.6 Å². The van der Waals surface area contributed by atoms with Gasteiger partial charge < -0.3 is 16.0 Å². The van der Waals surface area contributed by atoms with E-state index in [1.165, 1.54) is 0 Å². The monoisotopic (exact) mass is 311 g/mol. The van der Waals surface area contributed by atoms with Crippen LogP contribution in [0.25, 0.3) is 0 Å². The van der Waals surface area contributed by atoms with E-state index >= 15 is 0 Å². The molecule has 0 heterocycles. The summed E-state index contributed by atoms with van der Waals surface area (Å²) in [5.41, 5.74) is 7.79. The van der Waals surface area contributed by atoms with E-state index in [0.29, 0.717) is 25.1 Å². The third-order valence-corrected chi connectivity index (χ3v) is 3.51. The third kappa shape index (κ3) is 5.14. The Labute approximate surface area is 136 Å². The Morgan fingerprint density at radius 1 is 1.04 bits per heavy atom. The van der Waals surface area contributed by atoms with Crippen molar-refractivity contribution < 1.29 is 9.59 Å². The second-order valence-electron chi connectivity index (χ2n) is 5.39. The molecule has 5 nitrogen and oxygen atoms in total. The zero-order chi connectivity index (χ0) is 16.7. The summed E-state index contributed by atoms with van der Waals surface area (Å²) in [6.07, 6.45) is 0.645. The highest BCUT2D eigenvalue weighted by atomic mass is 16.2. The highest BCUT2D eigenvalue weighted by Gasteiger charge is 2.08. The van der Waals surface area contributed by atoms with Crippen LogP contribution in [0.2, 0.25) is 0 Å². The first-order valence-corrected chi connectivity index (χ1v) is 7.48. The summed E-state index contributed by atoms with van der Waals surface area (Å²) in [6, 6.07) is 16.8. The lowest BCUT2D eigenvalue weighted by Crippen LogP contribution is -2.37. The Kier molecular flexibility index (Phi) is 5.74. The van der Waals surface area contributed by atoms with Gasteiger partial charge >= 0.3 is 6.03 Å². The number of carbonyl (C=O) groups excluding carboxylic acids is 2. The Bertz CT molecular complexity index is 671. The second-order valence-corrected chi connectivity index (χ2v) is 5.39. The minimum Gasteiger partial charge on any atom is -0.366 e. The standard InChI is InChI=1S/C18H21N3O2/c1-21(13-15-6-3-2-4-7-15)18(23)20-11-10-14-8-5-9-16(12-14)17(19)22/h2-9,12H,10-11,13H2,1H3,(H2,19,22)(H,20,23). The number of benzene rings is 2. The molecule has 3 amide bonds. The van der Waals surface area contributed by atoms with Crippen LogP contribution in [-0.2, 0) is 13.0 Å². The number of urea groups is 1. The fourth-order valence-electron chi connectivity index (χ4n) is 2.26. The Balaban J connectivity index is 1.80. The molecule has 0 fully saturated rings. The number of hydrogen-bond donors (Lipinski definition) is 2. The fourth-order valence-corrected chi connectivity index (χ4v) is 2.26. The van der Waals surface area contributed by atoms with Crippen LogP contribution in [-0.4, -0.2) is 30.4 Å². The first-order chi connectivity index (χ1) is 11.1. The molecule has 2 rings (SSSR count). The zero-order valence-electron chi connectivity index (χ0n) is 13.2. The zero-order valence-corrected chi connectivity index (χ0v) is 13.2. The van der Waals surface area contributed by atoms with Crippen molar-refractivity contribution in [2.75, 3.05) is 13.6 Å². The molecule has 5 heteroatoms. The maximum atomic E-state index is 12.1. The molecule has 0 unspecified atom stereocenters. The maximum Gasteiger partial charge on any atom is 0.317 e. The van der Waals surface area contributed by atoms with E-state index in [-0.39, 0.29) is 6.03 Å². The van der Waals surface area contributed by atoms with Crippen LogP contribution >= 0.6 is 0 Å². The molecule has 0 aliphatic heterocycles. The summed E-state index contributed by atoms with van der Waals surface area (Å²) in [5, 5.41) is 2.87. The smallest absolute Gasteiger partial charge is 0.317 e. The quantitative estimate of drug-likeness (QED) is 0.858. The Morgan fingerprint density at radius 2 is 1.74 bits per heavy atom. The van der Waals surface area contributed by atoms with E-state index in [1.54, 1.807) is 30.1 Å². The molecule has 0 aromatic heterocycles. The van der Waals surface area contributed by atoms with Gasteiger partial charge in [0.1, 0.15) is 0 Å². The van der Waals surface area contributed by atoms with E-state index in [2.05, 4.69) is 5.32 Å². The first kappa shape index (κ1) is 16.5. The number of rotatable bonds is 6. The van der Waals surface area contributed by atoms with Crippen molar-refractivity contribution in [2.45, 2.75) is 13.0 Å². The summed E-state index contributed by atoms with van der Waals surface area (Å²) in [5.74, 6) is -0.446. The fraction of sp³-hybridized carbons (Fsp3) is 0.222. The molecule has 3 N–H and O–H groups in total. The molecule has 0 saturated heterocycles. The normalized spacial score (nSPS) is 10.1. The minimum absolute atomic E-state index is 0.125. The summed E-state index contributed by atoms with van der Waals surface area (Å²) in [6.45, 7) is 1.06. The number of amides is 3. The molecule has 2 aromatic rings. The number of nitrogens with two attached hydrogens (primary N) is 1. The molecular weight excluding hydrogens is 290 g/mol. The van der Waals surface area contributed by atoms with Gasteiger partial charge in [-0.15, -0.1) is 0 Å². The van der Waals surface area contributed by atoms with Gasteiger partial charge in [0, 0.05) is 25.7 Å². The first-order valence-electron chi connectivity index (χ1n) is 7.48. The van der Waals surface area contributed by atoms with E-state index in [0.717, 1.165) is 11.1 Å². The van der Waals surface area contributed by atoms with Gasteiger partial charge in [-0.2, -0.15) is 0 Å². The van der Waals surface area contributed by atoms with Crippen LogP contribution in [0.5, 0.6) is 0 Å². The van der Waals surface area contributed by atoms with Crippen molar-refractivity contribution in [1.29, 1.82) is 0 Å². The molecule has 120 valence electrons. The van der Waals surface area contributed by atoms with Crippen LogP contribution in [0.3, 0.4) is 0 Å². The number of hydrogen-bond acceptors (Lipinski definition) is 2. The predicted octanol–water partition coefficient (Wildman–Crippen LogP) is 2.17. The molecule has 0 aliphatic rings. The molecule has 2 aromatic carbocycles. The van der Waals surface area contributed by atoms with Gasteiger partial charge in [0.15, 0.2) is 0 Å². The van der Waals surface area contributed by atoms with E-state index in [4.69, 9.17) is 5.73 Å². The number of nitrogens with one attached hydrogen (secondary N) is 1. The number of primary amides is 1. The van der Waals surface area contributed by atoms with Gasteiger partial charge in [-0.1, -0.05) is 42.5 Å². The van der Waals surface area contributed by atoms with Crippen LogP contribution in [0.4, 0.5) is 4.79 Å². The molecule has 0 spiro atoms. The van der Waals surface area contributed by atoms with E-state index < -0.39 is 5.91 Å². The van der Waals surface area contributed by atoms with Crippen molar-refractivity contribution in [2.24, 2.45) is 5.73 Å². The van der Waals surface area contributed by atoms with Crippen molar-refractivity contribution in [3.8, 4) is 0 Å². The predicted molar refractivity (Wildman–Crippen MR) is 90.0 cm³/mol. The second kappa shape index (κ2) is 7.98.